The summed E-state index contributed by atoms with van der Waals surface area (Å²) in [5, 5.41) is 4.28. The third-order valence-corrected chi connectivity index (χ3v) is 8.38. The van der Waals surface area contributed by atoms with E-state index in [0.717, 1.165) is 22.4 Å². The first kappa shape index (κ1) is 17.5. The lowest BCUT2D eigenvalue weighted by atomic mass is 9.87. The predicted molar refractivity (Wildman–Crippen MR) is 103 cm³/mol. The average molecular weight is 388 g/mol. The summed E-state index contributed by atoms with van der Waals surface area (Å²) in [4.78, 5) is 1.09. The fraction of sp³-hybridized carbons (Fsp3) is 0.316. The molecule has 3 heterocycles. The van der Waals surface area contributed by atoms with Crippen LogP contribution in [0.25, 0.3) is 0 Å². The molecule has 0 fully saturated rings. The number of aromatic nitrogens is 2. The highest BCUT2D eigenvalue weighted by atomic mass is 32.2. The molecule has 0 unspecified atom stereocenters. The maximum Gasteiger partial charge on any atom is 0.252 e. The van der Waals surface area contributed by atoms with Crippen molar-refractivity contribution in [1.82, 2.24) is 14.1 Å². The molecule has 0 saturated heterocycles. The molecule has 5 nitrogen and oxygen atoms in total. The number of benzene rings is 1. The largest absolute Gasteiger partial charge is 0.276 e. The van der Waals surface area contributed by atoms with Crippen molar-refractivity contribution in [3.05, 3.63) is 70.4 Å². The zero-order chi connectivity index (χ0) is 18.3. The molecule has 1 aromatic carbocycles. The van der Waals surface area contributed by atoms with Gasteiger partial charge in [0, 0.05) is 37.1 Å². The van der Waals surface area contributed by atoms with E-state index in [0.29, 0.717) is 17.3 Å². The Balaban J connectivity index is 1.75. The predicted octanol–water partition coefficient (Wildman–Crippen LogP) is 3.38. The van der Waals surface area contributed by atoms with Crippen LogP contribution in [0.1, 0.15) is 34.4 Å². The van der Waals surface area contributed by atoms with Crippen LogP contribution in [0.15, 0.2) is 53.0 Å². The van der Waals surface area contributed by atoms with Gasteiger partial charge in [-0.25, -0.2) is 8.42 Å². The molecule has 0 N–H and O–H groups in total. The van der Waals surface area contributed by atoms with Crippen LogP contribution in [0, 0.1) is 0 Å². The quantitative estimate of drug-likeness (QED) is 0.690. The Morgan fingerprint density at radius 3 is 2.73 bits per heavy atom. The van der Waals surface area contributed by atoms with Crippen LogP contribution in [0.5, 0.6) is 0 Å². The van der Waals surface area contributed by atoms with Crippen molar-refractivity contribution >= 4 is 21.4 Å². The van der Waals surface area contributed by atoms with Crippen molar-refractivity contribution in [3.8, 4) is 0 Å². The van der Waals surface area contributed by atoms with Gasteiger partial charge in [0.05, 0.1) is 6.20 Å². The average Bonchev–Trinajstić information content (AvgIpc) is 3.30. The Morgan fingerprint density at radius 1 is 1.23 bits per heavy atom. The van der Waals surface area contributed by atoms with Crippen LogP contribution < -0.4 is 0 Å². The zero-order valence-electron chi connectivity index (χ0n) is 14.8. The highest BCUT2D eigenvalue weighted by Gasteiger charge is 2.35. The minimum Gasteiger partial charge on any atom is -0.276 e. The molecule has 0 bridgehead atoms. The number of hydrogen-bond donors (Lipinski definition) is 0. The van der Waals surface area contributed by atoms with Crippen LogP contribution in [-0.2, 0) is 30.0 Å². The van der Waals surface area contributed by atoms with Crippen molar-refractivity contribution in [2.75, 3.05) is 6.54 Å². The van der Waals surface area contributed by atoms with Crippen LogP contribution in [0.2, 0.25) is 0 Å². The zero-order valence-corrected chi connectivity index (χ0v) is 16.4. The Bertz CT molecular complexity index is 1040. The first-order chi connectivity index (χ1) is 12.5. The van der Waals surface area contributed by atoms with Crippen molar-refractivity contribution < 1.29 is 8.42 Å². The standard InChI is InChI=1S/C19H21N3O2S2/c1-3-16-8-9-19(25-16)26(23,24)22-12-14-6-4-5-7-17(14)18(13-22)15-10-20-21(2)11-15/h4-11,18H,3,12-13H2,1-2H3/t18-/m0/s1. The second-order valence-corrected chi connectivity index (χ2v) is 9.90. The summed E-state index contributed by atoms with van der Waals surface area (Å²) in [6, 6.07) is 11.7. The summed E-state index contributed by atoms with van der Waals surface area (Å²) in [5.41, 5.74) is 3.29. The Kier molecular flexibility index (Phi) is 4.46. The maximum atomic E-state index is 13.2. The van der Waals surface area contributed by atoms with Gasteiger partial charge in [-0.3, -0.25) is 4.68 Å². The first-order valence-corrected chi connectivity index (χ1v) is 10.9. The van der Waals surface area contributed by atoms with Gasteiger partial charge in [-0.2, -0.15) is 9.40 Å². The van der Waals surface area contributed by atoms with Gasteiger partial charge in [0.1, 0.15) is 4.21 Å². The fourth-order valence-corrected chi connectivity index (χ4v) is 6.36. The number of sulfonamides is 1. The second-order valence-electron chi connectivity index (χ2n) is 6.57. The summed E-state index contributed by atoms with van der Waals surface area (Å²) in [6.45, 7) is 2.89. The number of fused-ring (bicyclic) bond motifs is 1. The second kappa shape index (κ2) is 6.64. The molecule has 1 aliphatic rings. The maximum absolute atomic E-state index is 13.2. The van der Waals surface area contributed by atoms with E-state index in [1.165, 1.54) is 16.9 Å². The van der Waals surface area contributed by atoms with E-state index < -0.39 is 10.0 Å². The van der Waals surface area contributed by atoms with Crippen LogP contribution in [0.3, 0.4) is 0 Å². The van der Waals surface area contributed by atoms with Gasteiger partial charge in [-0.1, -0.05) is 31.2 Å². The number of hydrogen-bond acceptors (Lipinski definition) is 4. The SMILES string of the molecule is CCc1ccc(S(=O)(=O)N2Cc3ccccc3[C@H](c3cnn(C)c3)C2)s1. The molecule has 7 heteroatoms. The molecule has 0 saturated carbocycles. The van der Waals surface area contributed by atoms with Gasteiger partial charge >= 0.3 is 0 Å². The van der Waals surface area contributed by atoms with Crippen LogP contribution in [0.4, 0.5) is 0 Å². The molecule has 26 heavy (non-hydrogen) atoms. The number of aryl methyl sites for hydroxylation is 2. The lowest BCUT2D eigenvalue weighted by Crippen LogP contribution is -2.38. The lowest BCUT2D eigenvalue weighted by molar-refractivity contribution is 0.372. The van der Waals surface area contributed by atoms with E-state index in [9.17, 15) is 8.42 Å². The molecule has 0 radical (unpaired) electrons. The third kappa shape index (κ3) is 3.00. The van der Waals surface area contributed by atoms with Gasteiger partial charge in [0.2, 0.25) is 0 Å². The Hall–Kier alpha value is -1.96. The summed E-state index contributed by atoms with van der Waals surface area (Å²) in [7, 11) is -1.62. The van der Waals surface area contributed by atoms with Gasteiger partial charge in [0.25, 0.3) is 10.0 Å². The molecule has 4 rings (SSSR count). The number of nitrogens with zero attached hydrogens (tertiary/aromatic N) is 3. The van der Waals surface area contributed by atoms with E-state index in [4.69, 9.17) is 0 Å². The van der Waals surface area contributed by atoms with Crippen molar-refractivity contribution in [3.63, 3.8) is 0 Å². The van der Waals surface area contributed by atoms with Crippen molar-refractivity contribution in [2.45, 2.75) is 30.0 Å². The molecule has 0 aliphatic carbocycles. The van der Waals surface area contributed by atoms with Crippen LogP contribution >= 0.6 is 11.3 Å². The number of rotatable bonds is 4. The molecule has 1 aliphatic heterocycles. The summed E-state index contributed by atoms with van der Waals surface area (Å²) >= 11 is 1.37. The lowest BCUT2D eigenvalue weighted by Gasteiger charge is -2.33. The van der Waals surface area contributed by atoms with Gasteiger partial charge in [-0.15, -0.1) is 11.3 Å². The minimum absolute atomic E-state index is 0.00553. The van der Waals surface area contributed by atoms with Crippen molar-refractivity contribution in [2.24, 2.45) is 7.05 Å². The van der Waals surface area contributed by atoms with E-state index in [-0.39, 0.29) is 5.92 Å². The van der Waals surface area contributed by atoms with E-state index in [2.05, 4.69) is 11.2 Å². The normalized spacial score (nSPS) is 18.0. The highest BCUT2D eigenvalue weighted by molar-refractivity contribution is 7.91. The van der Waals surface area contributed by atoms with E-state index >= 15 is 0 Å². The Labute approximate surface area is 157 Å². The van der Waals surface area contributed by atoms with Crippen molar-refractivity contribution in [1.29, 1.82) is 0 Å². The molecule has 3 aromatic rings. The molecule has 136 valence electrons. The molecular weight excluding hydrogens is 366 g/mol. The smallest absolute Gasteiger partial charge is 0.252 e. The van der Waals surface area contributed by atoms with Gasteiger partial charge < -0.3 is 0 Å². The molecule has 2 aromatic heterocycles. The minimum atomic E-state index is -3.50. The molecule has 1 atom stereocenters. The van der Waals surface area contributed by atoms with E-state index in [1.54, 1.807) is 15.1 Å². The number of thiophene rings is 1. The third-order valence-electron chi connectivity index (χ3n) is 4.87. The van der Waals surface area contributed by atoms with Crippen LogP contribution in [-0.4, -0.2) is 29.0 Å². The summed E-state index contributed by atoms with van der Waals surface area (Å²) in [5.74, 6) is -0.00553. The summed E-state index contributed by atoms with van der Waals surface area (Å²) in [6.07, 6.45) is 4.65. The summed E-state index contributed by atoms with van der Waals surface area (Å²) < 4.78 is 30.2. The Morgan fingerprint density at radius 2 is 2.04 bits per heavy atom. The van der Waals surface area contributed by atoms with Gasteiger partial charge in [0.15, 0.2) is 0 Å². The van der Waals surface area contributed by atoms with Gasteiger partial charge in [-0.05, 0) is 35.2 Å². The first-order valence-electron chi connectivity index (χ1n) is 8.64. The van der Waals surface area contributed by atoms with E-state index in [1.807, 2.05) is 50.6 Å². The topological polar surface area (TPSA) is 55.2 Å². The highest BCUT2D eigenvalue weighted by Crippen LogP contribution is 2.36. The molecule has 0 spiro atoms. The molecule has 0 amide bonds. The molecular formula is C19H21N3O2S2. The fourth-order valence-electron chi connectivity index (χ4n) is 3.48. The monoisotopic (exact) mass is 387 g/mol.